The van der Waals surface area contributed by atoms with Crippen LogP contribution in [0.2, 0.25) is 0 Å². The van der Waals surface area contributed by atoms with Gasteiger partial charge in [0.2, 0.25) is 0 Å². The number of aryl methyl sites for hydroxylation is 1. The quantitative estimate of drug-likeness (QED) is 0.437. The van der Waals surface area contributed by atoms with Gasteiger partial charge in [-0.2, -0.15) is 0 Å². The Morgan fingerprint density at radius 3 is 2.57 bits per heavy atom. The Labute approximate surface area is 170 Å². The van der Waals surface area contributed by atoms with Crippen LogP contribution in [0.1, 0.15) is 36.0 Å². The normalized spacial score (nSPS) is 24.3. The second-order valence-corrected chi connectivity index (χ2v) is 7.96. The first-order valence-electron chi connectivity index (χ1n) is 9.18. The van der Waals surface area contributed by atoms with Gasteiger partial charge in [-0.25, -0.2) is 0 Å². The number of carbonyl (C=O) groups is 2. The zero-order valence-corrected chi connectivity index (χ0v) is 16.9. The molecule has 2 atom stereocenters. The zero-order valence-electron chi connectivity index (χ0n) is 15.4. The van der Waals surface area contributed by atoms with Gasteiger partial charge in [0.1, 0.15) is 23.3 Å². The van der Waals surface area contributed by atoms with E-state index in [1.807, 2.05) is 0 Å². The smallest absolute Gasteiger partial charge is 0.295 e. The molecule has 0 saturated carbocycles. The van der Waals surface area contributed by atoms with Crippen LogP contribution in [0.3, 0.4) is 0 Å². The highest BCUT2D eigenvalue weighted by atomic mass is 79.9. The molecule has 1 aromatic carbocycles. The third-order valence-electron chi connectivity index (χ3n) is 5.11. The molecular weight excluding hydrogens is 426 g/mol. The lowest BCUT2D eigenvalue weighted by atomic mass is 9.99. The summed E-state index contributed by atoms with van der Waals surface area (Å²) in [5.41, 5.74) is 0.506. The van der Waals surface area contributed by atoms with Crippen molar-refractivity contribution in [2.45, 2.75) is 31.9 Å². The lowest BCUT2D eigenvalue weighted by Crippen LogP contribution is -2.36. The van der Waals surface area contributed by atoms with Crippen molar-refractivity contribution in [3.8, 4) is 0 Å². The second kappa shape index (κ2) is 7.56. The summed E-state index contributed by atoms with van der Waals surface area (Å²) < 4.78 is 12.3. The van der Waals surface area contributed by atoms with E-state index in [4.69, 9.17) is 9.15 Å². The molecule has 1 N–H and O–H groups in total. The first-order chi connectivity index (χ1) is 13.5. The minimum atomic E-state index is -0.776. The summed E-state index contributed by atoms with van der Waals surface area (Å²) in [5.74, 6) is -0.444. The number of Topliss-reactive ketones (excluding diaryl/α,β-unsaturated/α-hetero) is 1. The van der Waals surface area contributed by atoms with Gasteiger partial charge in [0.25, 0.3) is 11.7 Å². The number of furan rings is 1. The summed E-state index contributed by atoms with van der Waals surface area (Å²) in [5, 5.41) is 10.9. The zero-order chi connectivity index (χ0) is 19.8. The summed E-state index contributed by atoms with van der Waals surface area (Å²) in [7, 11) is 0. The minimum absolute atomic E-state index is 0.0414. The van der Waals surface area contributed by atoms with Gasteiger partial charge in [-0.05, 0) is 44.0 Å². The molecule has 28 heavy (non-hydrogen) atoms. The van der Waals surface area contributed by atoms with Gasteiger partial charge in [0, 0.05) is 23.2 Å². The molecule has 146 valence electrons. The van der Waals surface area contributed by atoms with Gasteiger partial charge in [-0.1, -0.05) is 28.1 Å². The Hall–Kier alpha value is -2.38. The van der Waals surface area contributed by atoms with Crippen molar-refractivity contribution in [1.82, 2.24) is 4.90 Å². The highest BCUT2D eigenvalue weighted by Gasteiger charge is 2.48. The van der Waals surface area contributed by atoms with Crippen LogP contribution < -0.4 is 0 Å². The van der Waals surface area contributed by atoms with E-state index in [2.05, 4.69) is 15.9 Å². The van der Waals surface area contributed by atoms with E-state index in [9.17, 15) is 14.7 Å². The largest absolute Gasteiger partial charge is 0.507 e. The molecular formula is C21H20BrNO5. The van der Waals surface area contributed by atoms with Crippen molar-refractivity contribution in [1.29, 1.82) is 0 Å². The number of hydrogen-bond donors (Lipinski definition) is 1. The molecule has 2 saturated heterocycles. The van der Waals surface area contributed by atoms with Crippen LogP contribution in [-0.4, -0.2) is 41.0 Å². The molecule has 2 aromatic rings. The number of ether oxygens (including phenoxy) is 1. The SMILES string of the molecule is Cc1ccc(C2/C(=C(\O)c3ccc(Br)cc3)C(=O)C(=O)N2CC2CCCO2)o1. The average molecular weight is 446 g/mol. The summed E-state index contributed by atoms with van der Waals surface area (Å²) >= 11 is 3.35. The molecule has 0 radical (unpaired) electrons. The van der Waals surface area contributed by atoms with E-state index in [-0.39, 0.29) is 24.0 Å². The maximum Gasteiger partial charge on any atom is 0.295 e. The predicted octanol–water partition coefficient (Wildman–Crippen LogP) is 3.95. The number of ketones is 1. The number of amides is 1. The minimum Gasteiger partial charge on any atom is -0.507 e. The molecule has 1 amide bonds. The molecule has 0 spiro atoms. The summed E-state index contributed by atoms with van der Waals surface area (Å²) in [6, 6.07) is 9.66. The first-order valence-corrected chi connectivity index (χ1v) is 9.97. The Balaban J connectivity index is 1.80. The Morgan fingerprint density at radius 2 is 1.96 bits per heavy atom. The van der Waals surface area contributed by atoms with Gasteiger partial charge < -0.3 is 19.2 Å². The number of aliphatic hydroxyl groups is 1. The van der Waals surface area contributed by atoms with E-state index in [1.165, 1.54) is 4.90 Å². The molecule has 2 unspecified atom stereocenters. The first kappa shape index (κ1) is 19.0. The fourth-order valence-corrected chi connectivity index (χ4v) is 4.00. The van der Waals surface area contributed by atoms with Crippen molar-refractivity contribution in [2.24, 2.45) is 0 Å². The molecule has 2 aliphatic rings. The Kier molecular flexibility index (Phi) is 5.12. The number of nitrogens with zero attached hydrogens (tertiary/aromatic N) is 1. The molecule has 0 bridgehead atoms. The van der Waals surface area contributed by atoms with Crippen molar-refractivity contribution in [3.63, 3.8) is 0 Å². The third-order valence-corrected chi connectivity index (χ3v) is 5.64. The van der Waals surface area contributed by atoms with Crippen molar-refractivity contribution in [2.75, 3.05) is 13.2 Å². The number of rotatable bonds is 4. The van der Waals surface area contributed by atoms with Crippen LogP contribution >= 0.6 is 15.9 Å². The number of likely N-dealkylation sites (tertiary alicyclic amines) is 1. The summed E-state index contributed by atoms with van der Waals surface area (Å²) in [6.45, 7) is 2.73. The van der Waals surface area contributed by atoms with Crippen molar-refractivity contribution >= 4 is 33.4 Å². The van der Waals surface area contributed by atoms with Crippen molar-refractivity contribution in [3.05, 3.63) is 63.5 Å². The van der Waals surface area contributed by atoms with Crippen LogP contribution in [0, 0.1) is 6.92 Å². The van der Waals surface area contributed by atoms with E-state index in [0.717, 1.165) is 17.3 Å². The highest BCUT2D eigenvalue weighted by Crippen LogP contribution is 2.40. The number of carbonyl (C=O) groups excluding carboxylic acids is 2. The van der Waals surface area contributed by atoms with Crippen LogP contribution in [0.15, 0.2) is 50.9 Å². The Bertz CT molecular complexity index is 940. The summed E-state index contributed by atoms with van der Waals surface area (Å²) in [4.78, 5) is 27.1. The third kappa shape index (κ3) is 3.40. The van der Waals surface area contributed by atoms with E-state index in [0.29, 0.717) is 23.7 Å². The topological polar surface area (TPSA) is 80.0 Å². The highest BCUT2D eigenvalue weighted by molar-refractivity contribution is 9.10. The van der Waals surface area contributed by atoms with Gasteiger partial charge in [-0.3, -0.25) is 9.59 Å². The van der Waals surface area contributed by atoms with E-state index in [1.54, 1.807) is 43.3 Å². The van der Waals surface area contributed by atoms with Crippen LogP contribution in [0.5, 0.6) is 0 Å². The molecule has 7 heteroatoms. The number of benzene rings is 1. The molecule has 2 fully saturated rings. The van der Waals surface area contributed by atoms with Gasteiger partial charge >= 0.3 is 0 Å². The fourth-order valence-electron chi connectivity index (χ4n) is 3.74. The maximum atomic E-state index is 12.9. The fraction of sp³-hybridized carbons (Fsp3) is 0.333. The number of halogens is 1. The molecule has 0 aliphatic carbocycles. The molecule has 4 rings (SSSR count). The average Bonchev–Trinajstić information content (AvgIpc) is 3.39. The van der Waals surface area contributed by atoms with Crippen LogP contribution in [0.4, 0.5) is 0 Å². The molecule has 6 nitrogen and oxygen atoms in total. The molecule has 2 aliphatic heterocycles. The predicted molar refractivity (Wildman–Crippen MR) is 106 cm³/mol. The van der Waals surface area contributed by atoms with Crippen LogP contribution in [0.25, 0.3) is 5.76 Å². The molecule has 1 aromatic heterocycles. The Morgan fingerprint density at radius 1 is 1.21 bits per heavy atom. The monoisotopic (exact) mass is 445 g/mol. The maximum absolute atomic E-state index is 12.9. The van der Waals surface area contributed by atoms with Gasteiger partial charge in [0.05, 0.1) is 11.7 Å². The van der Waals surface area contributed by atoms with E-state index >= 15 is 0 Å². The number of aliphatic hydroxyl groups excluding tert-OH is 1. The van der Waals surface area contributed by atoms with Gasteiger partial charge in [-0.15, -0.1) is 0 Å². The van der Waals surface area contributed by atoms with Crippen molar-refractivity contribution < 1.29 is 23.8 Å². The van der Waals surface area contributed by atoms with Crippen LogP contribution in [-0.2, 0) is 14.3 Å². The molecule has 3 heterocycles. The lowest BCUT2D eigenvalue weighted by Gasteiger charge is -2.25. The second-order valence-electron chi connectivity index (χ2n) is 7.04. The van der Waals surface area contributed by atoms with E-state index < -0.39 is 17.7 Å². The summed E-state index contributed by atoms with van der Waals surface area (Å²) in [6.07, 6.45) is 1.64. The van der Waals surface area contributed by atoms with Gasteiger partial charge in [0.15, 0.2) is 0 Å². The standard InChI is InChI=1S/C21H20BrNO5/c1-12-4-9-16(28-12)18-17(19(24)13-5-7-14(22)8-6-13)20(25)21(26)23(18)11-15-3-2-10-27-15/h4-9,15,18,24H,2-3,10-11H2,1H3/b19-17+. The number of hydrogen-bond acceptors (Lipinski definition) is 5. The lowest BCUT2D eigenvalue weighted by molar-refractivity contribution is -0.141.